The first-order valence-corrected chi connectivity index (χ1v) is 13.2. The van der Waals surface area contributed by atoms with Crippen molar-refractivity contribution >= 4 is 22.8 Å². The summed E-state index contributed by atoms with van der Waals surface area (Å²) in [6.07, 6.45) is 5.61. The Hall–Kier alpha value is -3.64. The van der Waals surface area contributed by atoms with Crippen molar-refractivity contribution in [1.82, 2.24) is 19.0 Å². The highest BCUT2D eigenvalue weighted by molar-refractivity contribution is 5.95. The number of imidazole rings is 1. The molecule has 1 atom stereocenters. The van der Waals surface area contributed by atoms with Gasteiger partial charge in [0.25, 0.3) is 5.56 Å². The maximum Gasteiger partial charge on any atom is 0.414 e. The topological polar surface area (TPSA) is 96.4 Å². The summed E-state index contributed by atoms with van der Waals surface area (Å²) in [6.45, 7) is 6.11. The van der Waals surface area contributed by atoms with Gasteiger partial charge in [-0.3, -0.25) is 9.69 Å². The first kappa shape index (κ1) is 25.0. The predicted octanol–water partition coefficient (Wildman–Crippen LogP) is 3.58. The minimum Gasteiger partial charge on any atom is -0.452 e. The zero-order valence-corrected chi connectivity index (χ0v) is 21.6. The Labute approximate surface area is 216 Å². The highest BCUT2D eigenvalue weighted by Crippen LogP contribution is 2.36. The van der Waals surface area contributed by atoms with E-state index < -0.39 is 0 Å². The van der Waals surface area contributed by atoms with E-state index in [9.17, 15) is 14.9 Å². The summed E-state index contributed by atoms with van der Waals surface area (Å²) in [6, 6.07) is 11.7. The summed E-state index contributed by atoms with van der Waals surface area (Å²) in [7, 11) is 1.42. The molecule has 2 aliphatic heterocycles. The number of nitrogens with zero attached hydrogens (tertiary/aromatic N) is 6. The Balaban J connectivity index is 1.48. The molecule has 3 aromatic rings. The fourth-order valence-electron chi connectivity index (χ4n) is 5.69. The van der Waals surface area contributed by atoms with Gasteiger partial charge < -0.3 is 18.8 Å². The number of amides is 1. The summed E-state index contributed by atoms with van der Waals surface area (Å²) in [5.41, 5.74) is 3.91. The van der Waals surface area contributed by atoms with Crippen molar-refractivity contribution in [2.75, 3.05) is 31.6 Å². The van der Waals surface area contributed by atoms with Crippen molar-refractivity contribution < 1.29 is 9.53 Å². The Morgan fingerprint density at radius 2 is 1.95 bits per heavy atom. The lowest BCUT2D eigenvalue weighted by molar-refractivity contribution is 0.175. The monoisotopic (exact) mass is 502 g/mol. The molecule has 5 rings (SSSR count). The fraction of sp³-hybridized carbons (Fsp3) is 0.500. The number of hydrogen-bond donors (Lipinski definition) is 0. The van der Waals surface area contributed by atoms with Crippen LogP contribution in [0.2, 0.25) is 0 Å². The van der Waals surface area contributed by atoms with E-state index >= 15 is 0 Å². The summed E-state index contributed by atoms with van der Waals surface area (Å²) in [5, 5.41) is 9.23. The Morgan fingerprint density at radius 1 is 1.14 bits per heavy atom. The molecule has 0 saturated carbocycles. The summed E-state index contributed by atoms with van der Waals surface area (Å²) >= 11 is 0. The molecule has 9 nitrogen and oxygen atoms in total. The van der Waals surface area contributed by atoms with E-state index in [1.165, 1.54) is 7.11 Å². The maximum absolute atomic E-state index is 12.6. The second-order valence-corrected chi connectivity index (χ2v) is 10.1. The van der Waals surface area contributed by atoms with Crippen LogP contribution in [0.4, 0.5) is 10.5 Å². The first-order chi connectivity index (χ1) is 18.0. The molecule has 9 heteroatoms. The van der Waals surface area contributed by atoms with Crippen molar-refractivity contribution in [3.63, 3.8) is 0 Å². The number of pyridine rings is 1. The van der Waals surface area contributed by atoms with Crippen LogP contribution in [0.25, 0.3) is 11.0 Å². The SMILES string of the molecule is COC(=O)N1c2ccc3c(nc(CCn4ccccc4=O)n3CCN3CCC(C#N)CC3)c2CC[C@@H]1C. The molecule has 1 fully saturated rings. The number of anilines is 1. The molecule has 0 spiro atoms. The van der Waals surface area contributed by atoms with Crippen LogP contribution in [0, 0.1) is 17.2 Å². The van der Waals surface area contributed by atoms with E-state index in [4.69, 9.17) is 9.72 Å². The molecular weight excluding hydrogens is 468 g/mol. The van der Waals surface area contributed by atoms with Crippen LogP contribution in [0.3, 0.4) is 0 Å². The Kier molecular flexibility index (Phi) is 7.28. The number of aryl methyl sites for hydroxylation is 3. The Morgan fingerprint density at radius 3 is 2.68 bits per heavy atom. The van der Waals surface area contributed by atoms with E-state index in [-0.39, 0.29) is 23.6 Å². The molecule has 0 N–H and O–H groups in total. The summed E-state index contributed by atoms with van der Waals surface area (Å²) in [4.78, 5) is 34.1. The number of aromatic nitrogens is 3. The van der Waals surface area contributed by atoms with E-state index in [0.717, 1.165) is 80.0 Å². The van der Waals surface area contributed by atoms with Gasteiger partial charge in [0.2, 0.25) is 0 Å². The number of fused-ring (bicyclic) bond motifs is 3. The number of piperidine rings is 1. The lowest BCUT2D eigenvalue weighted by Crippen LogP contribution is -2.42. The molecule has 1 aromatic carbocycles. The van der Waals surface area contributed by atoms with E-state index in [0.29, 0.717) is 13.0 Å². The largest absolute Gasteiger partial charge is 0.452 e. The highest BCUT2D eigenvalue weighted by Gasteiger charge is 2.31. The van der Waals surface area contributed by atoms with Gasteiger partial charge in [0, 0.05) is 55.8 Å². The van der Waals surface area contributed by atoms with E-state index in [1.807, 2.05) is 25.3 Å². The molecule has 194 valence electrons. The predicted molar refractivity (Wildman–Crippen MR) is 142 cm³/mol. The highest BCUT2D eigenvalue weighted by atomic mass is 16.5. The third-order valence-corrected chi connectivity index (χ3v) is 7.85. The molecule has 1 saturated heterocycles. The standard InChI is InChI=1S/C28H34N6O3/c1-20-6-7-22-23(34(20)28(36)37-2)8-9-24-27(22)30-25(12-16-32-13-4-3-5-26(32)35)33(24)18-17-31-14-10-21(19-29)11-15-31/h3-5,8-9,13,20-21H,6-7,10-12,14-18H2,1-2H3/t20-/m0/s1. The summed E-state index contributed by atoms with van der Waals surface area (Å²) in [5.74, 6) is 1.10. The molecule has 0 radical (unpaired) electrons. The Bertz CT molecular complexity index is 1380. The van der Waals surface area contributed by atoms with Gasteiger partial charge in [-0.25, -0.2) is 9.78 Å². The van der Waals surface area contributed by atoms with Crippen molar-refractivity contribution in [1.29, 1.82) is 5.26 Å². The number of benzene rings is 1. The molecular formula is C28H34N6O3. The fourth-order valence-corrected chi connectivity index (χ4v) is 5.69. The number of likely N-dealkylation sites (tertiary alicyclic amines) is 1. The van der Waals surface area contributed by atoms with Crippen molar-refractivity contribution in [2.45, 2.75) is 58.2 Å². The van der Waals surface area contributed by atoms with Crippen molar-refractivity contribution in [3.8, 4) is 6.07 Å². The van der Waals surface area contributed by atoms with Gasteiger partial charge in [0.15, 0.2) is 0 Å². The third-order valence-electron chi connectivity index (χ3n) is 7.85. The van der Waals surface area contributed by atoms with Crippen LogP contribution in [0.15, 0.2) is 41.3 Å². The van der Waals surface area contributed by atoms with Crippen LogP contribution in [0.5, 0.6) is 0 Å². The number of nitriles is 1. The lowest BCUT2D eigenvalue weighted by atomic mass is 9.96. The number of hydrogen-bond acceptors (Lipinski definition) is 6. The molecule has 1 amide bonds. The molecule has 2 aromatic heterocycles. The van der Waals surface area contributed by atoms with Crippen LogP contribution in [-0.2, 0) is 30.7 Å². The second-order valence-electron chi connectivity index (χ2n) is 10.1. The average molecular weight is 503 g/mol. The van der Waals surface area contributed by atoms with Gasteiger partial charge in [0.05, 0.1) is 29.9 Å². The molecule has 2 aliphatic rings. The zero-order valence-electron chi connectivity index (χ0n) is 21.6. The number of carbonyl (C=O) groups is 1. The number of methoxy groups -OCH3 is 1. The van der Waals surface area contributed by atoms with E-state index in [2.05, 4.69) is 21.6 Å². The van der Waals surface area contributed by atoms with Crippen molar-refractivity contribution in [3.05, 3.63) is 58.3 Å². The number of carbonyl (C=O) groups excluding carboxylic acids is 1. The van der Waals surface area contributed by atoms with Gasteiger partial charge >= 0.3 is 6.09 Å². The minimum atomic E-state index is -0.350. The third kappa shape index (κ3) is 4.98. The molecule has 0 unspecified atom stereocenters. The van der Waals surface area contributed by atoms with Crippen molar-refractivity contribution in [2.24, 2.45) is 5.92 Å². The van der Waals surface area contributed by atoms with E-state index in [1.54, 1.807) is 21.6 Å². The van der Waals surface area contributed by atoms with Gasteiger partial charge in [0.1, 0.15) is 5.82 Å². The van der Waals surface area contributed by atoms with Gasteiger partial charge in [-0.1, -0.05) is 6.07 Å². The van der Waals surface area contributed by atoms with Gasteiger partial charge in [-0.2, -0.15) is 5.26 Å². The lowest BCUT2D eigenvalue weighted by Gasteiger charge is -2.34. The van der Waals surface area contributed by atoms with Crippen LogP contribution >= 0.6 is 0 Å². The van der Waals surface area contributed by atoms with Crippen LogP contribution in [0.1, 0.15) is 37.6 Å². The normalized spacial score (nSPS) is 18.5. The summed E-state index contributed by atoms with van der Waals surface area (Å²) < 4.78 is 9.07. The minimum absolute atomic E-state index is 0.0226. The van der Waals surface area contributed by atoms with Crippen LogP contribution < -0.4 is 10.5 Å². The maximum atomic E-state index is 12.6. The zero-order chi connectivity index (χ0) is 25.9. The first-order valence-electron chi connectivity index (χ1n) is 13.2. The van der Waals surface area contributed by atoms with Gasteiger partial charge in [-0.15, -0.1) is 0 Å². The number of ether oxygens (including phenoxy) is 1. The average Bonchev–Trinajstić information content (AvgIpc) is 3.28. The van der Waals surface area contributed by atoms with Gasteiger partial charge in [-0.05, 0) is 63.9 Å². The smallest absolute Gasteiger partial charge is 0.414 e. The quantitative estimate of drug-likeness (QED) is 0.511. The second kappa shape index (κ2) is 10.8. The number of rotatable bonds is 6. The molecule has 37 heavy (non-hydrogen) atoms. The molecule has 4 heterocycles. The molecule has 0 aliphatic carbocycles. The van der Waals surface area contributed by atoms with Crippen LogP contribution in [-0.4, -0.2) is 57.9 Å². The molecule has 0 bridgehead atoms.